The molecule has 106 valence electrons. The second-order valence-electron chi connectivity index (χ2n) is 5.25. The van der Waals surface area contributed by atoms with E-state index in [2.05, 4.69) is 20.0 Å². The molecule has 0 radical (unpaired) electrons. The van der Waals surface area contributed by atoms with Crippen LogP contribution in [0.25, 0.3) is 0 Å². The van der Waals surface area contributed by atoms with Crippen LogP contribution < -0.4 is 11.3 Å². The van der Waals surface area contributed by atoms with Crippen molar-refractivity contribution >= 4 is 5.95 Å². The quantitative estimate of drug-likeness (QED) is 0.801. The summed E-state index contributed by atoms with van der Waals surface area (Å²) in [6.07, 6.45) is 2.78. The van der Waals surface area contributed by atoms with Gasteiger partial charge >= 0.3 is 0 Å². The molecule has 7 heteroatoms. The summed E-state index contributed by atoms with van der Waals surface area (Å²) < 4.78 is 1.82. The van der Waals surface area contributed by atoms with Gasteiger partial charge in [-0.3, -0.25) is 19.4 Å². The van der Waals surface area contributed by atoms with Gasteiger partial charge in [-0.2, -0.15) is 5.10 Å². The molecule has 1 aliphatic rings. The maximum Gasteiger partial charge on any atom is 0.257 e. The number of nitrogen functional groups attached to an aromatic ring is 1. The Bertz CT molecular complexity index is 701. The Morgan fingerprint density at radius 2 is 2.30 bits per heavy atom. The number of nitrogens with one attached hydrogen (secondary N) is 1. The van der Waals surface area contributed by atoms with Gasteiger partial charge in [0.25, 0.3) is 5.56 Å². The van der Waals surface area contributed by atoms with Gasteiger partial charge in [-0.05, 0) is 6.92 Å². The molecule has 0 amide bonds. The first-order valence-electron chi connectivity index (χ1n) is 6.62. The molecule has 3 rings (SSSR count). The Morgan fingerprint density at radius 1 is 1.50 bits per heavy atom. The lowest BCUT2D eigenvalue weighted by Gasteiger charge is -2.27. The molecule has 1 aliphatic heterocycles. The lowest BCUT2D eigenvalue weighted by Crippen LogP contribution is -2.35. The fraction of sp³-hybridized carbons (Fsp3) is 0.462. The Morgan fingerprint density at radius 3 is 3.00 bits per heavy atom. The van der Waals surface area contributed by atoms with Gasteiger partial charge < -0.3 is 5.73 Å². The average molecular weight is 274 g/mol. The summed E-state index contributed by atoms with van der Waals surface area (Å²) in [5.74, 6) is 0.199. The van der Waals surface area contributed by atoms with E-state index in [4.69, 9.17) is 5.73 Å². The molecule has 0 saturated heterocycles. The Labute approximate surface area is 116 Å². The van der Waals surface area contributed by atoms with Crippen molar-refractivity contribution in [1.29, 1.82) is 0 Å². The minimum Gasteiger partial charge on any atom is -0.369 e. The van der Waals surface area contributed by atoms with Crippen LogP contribution in [0.3, 0.4) is 0 Å². The van der Waals surface area contributed by atoms with Gasteiger partial charge in [0.15, 0.2) is 0 Å². The molecule has 0 saturated carbocycles. The van der Waals surface area contributed by atoms with Crippen molar-refractivity contribution < 1.29 is 0 Å². The van der Waals surface area contributed by atoms with Gasteiger partial charge in [0, 0.05) is 44.9 Å². The average Bonchev–Trinajstić information content (AvgIpc) is 2.68. The predicted molar refractivity (Wildman–Crippen MR) is 75.0 cm³/mol. The molecule has 2 aromatic heterocycles. The van der Waals surface area contributed by atoms with E-state index in [-0.39, 0.29) is 11.5 Å². The normalized spacial score (nSPS) is 15.3. The van der Waals surface area contributed by atoms with Gasteiger partial charge in [0.1, 0.15) is 0 Å². The largest absolute Gasteiger partial charge is 0.369 e. The first-order chi connectivity index (χ1) is 9.52. The summed E-state index contributed by atoms with van der Waals surface area (Å²) in [7, 11) is 1.92. The number of H-pyrrole nitrogens is 1. The summed E-state index contributed by atoms with van der Waals surface area (Å²) in [4.78, 5) is 21.0. The summed E-state index contributed by atoms with van der Waals surface area (Å²) >= 11 is 0. The molecular weight excluding hydrogens is 256 g/mol. The van der Waals surface area contributed by atoms with Gasteiger partial charge in [-0.1, -0.05) is 0 Å². The van der Waals surface area contributed by atoms with Crippen LogP contribution in [0.1, 0.15) is 22.5 Å². The molecule has 2 aromatic rings. The van der Waals surface area contributed by atoms with Crippen molar-refractivity contribution in [3.05, 3.63) is 39.1 Å². The van der Waals surface area contributed by atoms with Crippen LogP contribution in [-0.4, -0.2) is 31.2 Å². The monoisotopic (exact) mass is 274 g/mol. The standard InChI is InChI=1S/C13H18N6O/c1-8-9(5-18(2)17-8)6-19-4-3-11-10(7-19)12(20)16-13(14)15-11/h5H,3-4,6-7H2,1-2H3,(H3,14,15,16,20). The van der Waals surface area contributed by atoms with Crippen molar-refractivity contribution in [2.75, 3.05) is 12.3 Å². The molecule has 0 fully saturated rings. The van der Waals surface area contributed by atoms with Crippen LogP contribution in [0.15, 0.2) is 11.0 Å². The highest BCUT2D eigenvalue weighted by Crippen LogP contribution is 2.17. The van der Waals surface area contributed by atoms with Gasteiger partial charge in [-0.15, -0.1) is 0 Å². The SMILES string of the molecule is Cc1nn(C)cc1CN1CCc2nc(N)[nH]c(=O)c2C1. The lowest BCUT2D eigenvalue weighted by molar-refractivity contribution is 0.241. The summed E-state index contributed by atoms with van der Waals surface area (Å²) in [5, 5.41) is 4.34. The van der Waals surface area contributed by atoms with E-state index in [0.29, 0.717) is 6.54 Å². The van der Waals surface area contributed by atoms with Crippen molar-refractivity contribution in [2.45, 2.75) is 26.4 Å². The topological polar surface area (TPSA) is 92.8 Å². The Kier molecular flexibility index (Phi) is 3.06. The summed E-state index contributed by atoms with van der Waals surface area (Å²) in [6, 6.07) is 0. The Balaban J connectivity index is 1.82. The number of aryl methyl sites for hydroxylation is 2. The fourth-order valence-corrected chi connectivity index (χ4v) is 2.68. The minimum absolute atomic E-state index is 0.125. The summed E-state index contributed by atoms with van der Waals surface area (Å²) in [6.45, 7) is 4.27. The number of fused-ring (bicyclic) bond motifs is 1. The van der Waals surface area contributed by atoms with Crippen LogP contribution in [-0.2, 0) is 26.6 Å². The smallest absolute Gasteiger partial charge is 0.257 e. The number of rotatable bonds is 2. The maximum absolute atomic E-state index is 11.9. The van der Waals surface area contributed by atoms with E-state index in [1.807, 2.05) is 24.9 Å². The Hall–Kier alpha value is -2.15. The number of aromatic nitrogens is 4. The first kappa shape index (κ1) is 12.9. The van der Waals surface area contributed by atoms with Crippen LogP contribution in [0.5, 0.6) is 0 Å². The van der Waals surface area contributed by atoms with Crippen LogP contribution in [0.2, 0.25) is 0 Å². The first-order valence-corrected chi connectivity index (χ1v) is 6.62. The molecule has 0 spiro atoms. The summed E-state index contributed by atoms with van der Waals surface area (Å²) in [5.41, 5.74) is 9.22. The molecule has 0 aliphatic carbocycles. The number of nitrogens with two attached hydrogens (primary N) is 1. The molecular formula is C13H18N6O. The number of nitrogens with zero attached hydrogens (tertiary/aromatic N) is 4. The van der Waals surface area contributed by atoms with Crippen molar-refractivity contribution in [3.8, 4) is 0 Å². The van der Waals surface area contributed by atoms with Crippen LogP contribution in [0, 0.1) is 6.92 Å². The van der Waals surface area contributed by atoms with E-state index in [1.54, 1.807) is 0 Å². The fourth-order valence-electron chi connectivity index (χ4n) is 2.68. The maximum atomic E-state index is 11.9. The molecule has 0 atom stereocenters. The minimum atomic E-state index is -0.125. The molecule has 20 heavy (non-hydrogen) atoms. The molecule has 0 aromatic carbocycles. The van der Waals surface area contributed by atoms with Crippen molar-refractivity contribution in [3.63, 3.8) is 0 Å². The third-order valence-electron chi connectivity index (χ3n) is 3.68. The van der Waals surface area contributed by atoms with E-state index >= 15 is 0 Å². The number of aromatic amines is 1. The van der Waals surface area contributed by atoms with Gasteiger partial charge in [0.2, 0.25) is 5.95 Å². The molecule has 7 nitrogen and oxygen atoms in total. The zero-order chi connectivity index (χ0) is 14.3. The third-order valence-corrected chi connectivity index (χ3v) is 3.68. The van der Waals surface area contributed by atoms with Crippen molar-refractivity contribution in [2.24, 2.45) is 7.05 Å². The van der Waals surface area contributed by atoms with Crippen LogP contribution in [0.4, 0.5) is 5.95 Å². The van der Waals surface area contributed by atoms with Gasteiger partial charge in [-0.25, -0.2) is 4.98 Å². The third kappa shape index (κ3) is 2.32. The van der Waals surface area contributed by atoms with Gasteiger partial charge in [0.05, 0.1) is 17.0 Å². The van der Waals surface area contributed by atoms with E-state index < -0.39 is 0 Å². The van der Waals surface area contributed by atoms with E-state index in [0.717, 1.165) is 36.5 Å². The molecule has 3 N–H and O–H groups in total. The van der Waals surface area contributed by atoms with Crippen molar-refractivity contribution in [1.82, 2.24) is 24.6 Å². The molecule has 3 heterocycles. The van der Waals surface area contributed by atoms with Crippen LogP contribution >= 0.6 is 0 Å². The second kappa shape index (κ2) is 4.75. The van der Waals surface area contributed by atoms with E-state index in [1.165, 1.54) is 5.56 Å². The molecule has 0 unspecified atom stereocenters. The highest BCUT2D eigenvalue weighted by atomic mass is 16.1. The number of anilines is 1. The highest BCUT2D eigenvalue weighted by Gasteiger charge is 2.21. The second-order valence-corrected chi connectivity index (χ2v) is 5.25. The zero-order valence-corrected chi connectivity index (χ0v) is 11.7. The molecule has 0 bridgehead atoms. The predicted octanol–water partition coefficient (Wildman–Crippen LogP) is -0.0477. The van der Waals surface area contributed by atoms with E-state index in [9.17, 15) is 4.79 Å². The zero-order valence-electron chi connectivity index (χ0n) is 11.7. The number of hydrogen-bond acceptors (Lipinski definition) is 5. The highest BCUT2D eigenvalue weighted by molar-refractivity contribution is 5.27. The number of hydrogen-bond donors (Lipinski definition) is 2. The lowest BCUT2D eigenvalue weighted by atomic mass is 10.1.